The number of benzene rings is 1. The van der Waals surface area contributed by atoms with Gasteiger partial charge < -0.3 is 0 Å². The summed E-state index contributed by atoms with van der Waals surface area (Å²) in [4.78, 5) is 2.12. The maximum Gasteiger partial charge on any atom is 0.171 e. The van der Waals surface area contributed by atoms with Crippen LogP contribution in [0, 0.1) is 23.3 Å². The monoisotopic (exact) mass is 247 g/mol. The Bertz CT molecular complexity index is 466. The summed E-state index contributed by atoms with van der Waals surface area (Å²) in [5.74, 6) is -7.05. The molecule has 0 N–H and O–H groups in total. The van der Waals surface area contributed by atoms with Crippen LogP contribution in [0.3, 0.4) is 0 Å². The highest BCUT2D eigenvalue weighted by atomic mass is 19.2. The van der Waals surface area contributed by atoms with Crippen molar-refractivity contribution in [1.82, 2.24) is 0 Å². The Hall–Kier alpha value is -1.75. The molecule has 1 aromatic rings. The van der Waals surface area contributed by atoms with Crippen molar-refractivity contribution in [3.05, 3.63) is 39.3 Å². The predicted octanol–water partition coefficient (Wildman–Crippen LogP) is 4.70. The Kier molecular flexibility index (Phi) is 3.96. The van der Waals surface area contributed by atoms with Crippen LogP contribution < -0.4 is 0 Å². The summed E-state index contributed by atoms with van der Waals surface area (Å²) in [5.41, 5.74) is 6.11. The molecule has 1 aromatic carbocycles. The van der Waals surface area contributed by atoms with E-state index in [2.05, 4.69) is 10.0 Å². The fourth-order valence-electron chi connectivity index (χ4n) is 1.41. The van der Waals surface area contributed by atoms with Gasteiger partial charge in [0, 0.05) is 10.5 Å². The normalized spacial score (nSPS) is 12.1. The van der Waals surface area contributed by atoms with E-state index in [9.17, 15) is 17.6 Å². The van der Waals surface area contributed by atoms with Crippen molar-refractivity contribution in [1.29, 1.82) is 0 Å². The predicted molar refractivity (Wildman–Crippen MR) is 53.8 cm³/mol. The maximum atomic E-state index is 13.5. The standard InChI is InChI=1S/C10H9F4N3/c1-3-4(2)5-6(11)8(13)10(16-17-15)9(14)7(5)12/h4H,3H2,1-2H3. The fraction of sp³-hybridized carbons (Fsp3) is 0.400. The molecule has 7 heteroatoms. The fourth-order valence-corrected chi connectivity index (χ4v) is 1.41. The van der Waals surface area contributed by atoms with Crippen LogP contribution in [0.2, 0.25) is 0 Å². The number of hydrogen-bond acceptors (Lipinski definition) is 1. The largest absolute Gasteiger partial charge is 0.203 e. The van der Waals surface area contributed by atoms with Crippen LogP contribution in [0.4, 0.5) is 23.2 Å². The molecule has 0 saturated heterocycles. The molecule has 0 fully saturated rings. The van der Waals surface area contributed by atoms with Crippen molar-refractivity contribution in [2.24, 2.45) is 5.11 Å². The van der Waals surface area contributed by atoms with Gasteiger partial charge in [-0.25, -0.2) is 17.6 Å². The van der Waals surface area contributed by atoms with Gasteiger partial charge in [-0.3, -0.25) is 0 Å². The van der Waals surface area contributed by atoms with Crippen LogP contribution in [-0.4, -0.2) is 0 Å². The van der Waals surface area contributed by atoms with E-state index < -0.39 is 40.4 Å². The van der Waals surface area contributed by atoms with Crippen molar-refractivity contribution in [3.8, 4) is 0 Å². The Morgan fingerprint density at radius 1 is 1.12 bits per heavy atom. The average molecular weight is 247 g/mol. The third-order valence-corrected chi connectivity index (χ3v) is 2.52. The van der Waals surface area contributed by atoms with Crippen molar-refractivity contribution in [2.75, 3.05) is 0 Å². The van der Waals surface area contributed by atoms with Gasteiger partial charge in [0.15, 0.2) is 23.3 Å². The van der Waals surface area contributed by atoms with E-state index in [0.717, 1.165) is 0 Å². The van der Waals surface area contributed by atoms with Gasteiger partial charge in [-0.05, 0) is 17.9 Å². The van der Waals surface area contributed by atoms with E-state index in [4.69, 9.17) is 5.53 Å². The molecule has 1 atom stereocenters. The average Bonchev–Trinajstić information content (AvgIpc) is 2.32. The molecular formula is C10H9F4N3. The minimum atomic E-state index is -1.67. The molecule has 0 heterocycles. The highest BCUT2D eigenvalue weighted by Crippen LogP contribution is 2.34. The zero-order valence-electron chi connectivity index (χ0n) is 9.14. The molecule has 0 spiro atoms. The van der Waals surface area contributed by atoms with Gasteiger partial charge in [0.1, 0.15) is 5.69 Å². The first-order valence-corrected chi connectivity index (χ1v) is 4.86. The van der Waals surface area contributed by atoms with Crippen molar-refractivity contribution < 1.29 is 17.6 Å². The van der Waals surface area contributed by atoms with Gasteiger partial charge in [-0.15, -0.1) is 0 Å². The summed E-state index contributed by atoms with van der Waals surface area (Å²) in [6, 6.07) is 0. The number of nitrogens with zero attached hydrogens (tertiary/aromatic N) is 3. The maximum absolute atomic E-state index is 13.5. The van der Waals surface area contributed by atoms with Gasteiger partial charge in [-0.2, -0.15) is 0 Å². The van der Waals surface area contributed by atoms with E-state index in [0.29, 0.717) is 6.42 Å². The Labute approximate surface area is 94.7 Å². The minimum Gasteiger partial charge on any atom is -0.203 e. The second kappa shape index (κ2) is 5.05. The molecule has 92 valence electrons. The molecule has 0 bridgehead atoms. The lowest BCUT2D eigenvalue weighted by Crippen LogP contribution is -2.06. The molecule has 0 aliphatic carbocycles. The molecule has 1 rings (SSSR count). The van der Waals surface area contributed by atoms with Crippen LogP contribution in [-0.2, 0) is 0 Å². The van der Waals surface area contributed by atoms with Crippen molar-refractivity contribution >= 4 is 5.69 Å². The number of halogens is 4. The van der Waals surface area contributed by atoms with Gasteiger partial charge >= 0.3 is 0 Å². The zero-order chi connectivity index (χ0) is 13.2. The summed E-state index contributed by atoms with van der Waals surface area (Å²) in [6.45, 7) is 3.06. The topological polar surface area (TPSA) is 48.8 Å². The van der Waals surface area contributed by atoms with Gasteiger partial charge in [0.05, 0.1) is 0 Å². The highest BCUT2D eigenvalue weighted by Gasteiger charge is 2.26. The Balaban J connectivity index is 3.63. The molecule has 0 saturated carbocycles. The van der Waals surface area contributed by atoms with Gasteiger partial charge in [-0.1, -0.05) is 19.0 Å². The molecule has 0 aliphatic heterocycles. The molecule has 1 unspecified atom stereocenters. The first-order chi connectivity index (χ1) is 7.95. The van der Waals surface area contributed by atoms with E-state index in [1.165, 1.54) is 6.92 Å². The van der Waals surface area contributed by atoms with Crippen molar-refractivity contribution in [2.45, 2.75) is 26.2 Å². The third-order valence-electron chi connectivity index (χ3n) is 2.52. The van der Waals surface area contributed by atoms with E-state index in [1.807, 2.05) is 0 Å². The Morgan fingerprint density at radius 2 is 1.59 bits per heavy atom. The smallest absolute Gasteiger partial charge is 0.171 e. The molecule has 0 radical (unpaired) electrons. The highest BCUT2D eigenvalue weighted by molar-refractivity contribution is 5.45. The van der Waals surface area contributed by atoms with Gasteiger partial charge in [0.25, 0.3) is 0 Å². The Morgan fingerprint density at radius 3 is 1.94 bits per heavy atom. The third kappa shape index (κ3) is 2.19. The van der Waals surface area contributed by atoms with Crippen molar-refractivity contribution in [3.63, 3.8) is 0 Å². The summed E-state index contributed by atoms with van der Waals surface area (Å²) in [6.07, 6.45) is 0.313. The van der Waals surface area contributed by atoms with E-state index in [-0.39, 0.29) is 0 Å². The number of hydrogen-bond donors (Lipinski definition) is 0. The van der Waals surface area contributed by atoms with Gasteiger partial charge in [0.2, 0.25) is 0 Å². The van der Waals surface area contributed by atoms with Crippen LogP contribution in [0.15, 0.2) is 5.11 Å². The molecule has 0 amide bonds. The molecule has 3 nitrogen and oxygen atoms in total. The summed E-state index contributed by atoms with van der Waals surface area (Å²) < 4.78 is 53.7. The summed E-state index contributed by atoms with van der Waals surface area (Å²) in [5, 5.41) is 2.60. The first-order valence-electron chi connectivity index (χ1n) is 4.86. The van der Waals surface area contributed by atoms with Crippen LogP contribution in [0.5, 0.6) is 0 Å². The molecule has 0 aromatic heterocycles. The number of rotatable bonds is 3. The zero-order valence-corrected chi connectivity index (χ0v) is 9.14. The second-order valence-electron chi connectivity index (χ2n) is 3.52. The molecular weight excluding hydrogens is 238 g/mol. The minimum absolute atomic E-state index is 0.313. The SMILES string of the molecule is CCC(C)c1c(F)c(F)c(N=[N+]=[N-])c(F)c1F. The molecule has 17 heavy (non-hydrogen) atoms. The molecule has 0 aliphatic rings. The summed E-state index contributed by atoms with van der Waals surface area (Å²) in [7, 11) is 0. The van der Waals surface area contributed by atoms with Crippen LogP contribution >= 0.6 is 0 Å². The van der Waals surface area contributed by atoms with E-state index in [1.54, 1.807) is 6.92 Å². The second-order valence-corrected chi connectivity index (χ2v) is 3.52. The van der Waals surface area contributed by atoms with Crippen LogP contribution in [0.25, 0.3) is 10.4 Å². The lowest BCUT2D eigenvalue weighted by molar-refractivity contribution is 0.430. The summed E-state index contributed by atoms with van der Waals surface area (Å²) >= 11 is 0. The van der Waals surface area contributed by atoms with E-state index >= 15 is 0 Å². The van der Waals surface area contributed by atoms with Crippen LogP contribution in [0.1, 0.15) is 31.7 Å². The number of azide groups is 1. The quantitative estimate of drug-likeness (QED) is 0.244. The lowest BCUT2D eigenvalue weighted by Gasteiger charge is -2.14. The first kappa shape index (κ1) is 13.3. The lowest BCUT2D eigenvalue weighted by atomic mass is 9.96.